The lowest BCUT2D eigenvalue weighted by Crippen LogP contribution is -2.34. The highest BCUT2D eigenvalue weighted by atomic mass is 16.3. The van der Waals surface area contributed by atoms with Crippen LogP contribution >= 0.6 is 0 Å². The second kappa shape index (κ2) is 7.41. The number of aromatic amines is 1. The van der Waals surface area contributed by atoms with Crippen LogP contribution in [-0.2, 0) is 6.42 Å². The Balaban J connectivity index is 2.08. The third kappa shape index (κ3) is 3.90. The average molecular weight is 320 g/mol. The minimum Gasteiger partial charge on any atom is -0.393 e. The monoisotopic (exact) mass is 320 g/mol. The summed E-state index contributed by atoms with van der Waals surface area (Å²) in [6.07, 6.45) is 3.37. The Labute approximate surface area is 138 Å². The number of H-pyrrole nitrogens is 1. The van der Waals surface area contributed by atoms with E-state index in [2.05, 4.69) is 4.98 Å². The standard InChI is InChI=1S/C18H28N2O3/c1-5-14-17(12(3)21)11(2)19-18(14)16(23)10-20(4)9-13-7-6-8-15(13)22/h13,15,19,22H,5-10H2,1-4H3. The van der Waals surface area contributed by atoms with Gasteiger partial charge in [0.2, 0.25) is 0 Å². The predicted octanol–water partition coefficient (Wildman–Crippen LogP) is 2.36. The smallest absolute Gasteiger partial charge is 0.193 e. The van der Waals surface area contributed by atoms with Gasteiger partial charge in [-0.15, -0.1) is 0 Å². The summed E-state index contributed by atoms with van der Waals surface area (Å²) in [5.74, 6) is 0.265. The summed E-state index contributed by atoms with van der Waals surface area (Å²) in [5, 5.41) is 9.92. The number of aliphatic hydroxyl groups is 1. The van der Waals surface area contributed by atoms with Crippen LogP contribution in [0.3, 0.4) is 0 Å². The number of likely N-dealkylation sites (N-methyl/N-ethyl adjacent to an activating group) is 1. The average Bonchev–Trinajstić information content (AvgIpc) is 3.02. The maximum Gasteiger partial charge on any atom is 0.193 e. The van der Waals surface area contributed by atoms with Crippen LogP contribution in [0.2, 0.25) is 0 Å². The molecule has 0 amide bonds. The second-order valence-electron chi connectivity index (χ2n) is 6.77. The van der Waals surface area contributed by atoms with Crippen LogP contribution in [0.5, 0.6) is 0 Å². The van der Waals surface area contributed by atoms with Gasteiger partial charge in [-0.1, -0.05) is 13.3 Å². The molecule has 2 rings (SSSR count). The number of carbonyl (C=O) groups excluding carboxylic acids is 2. The maximum absolute atomic E-state index is 12.6. The van der Waals surface area contributed by atoms with E-state index in [0.29, 0.717) is 24.2 Å². The third-order valence-electron chi connectivity index (χ3n) is 4.85. The van der Waals surface area contributed by atoms with Gasteiger partial charge in [-0.25, -0.2) is 0 Å². The van der Waals surface area contributed by atoms with Crippen molar-refractivity contribution in [3.8, 4) is 0 Å². The zero-order chi connectivity index (χ0) is 17.1. The number of nitrogens with one attached hydrogen (secondary N) is 1. The van der Waals surface area contributed by atoms with Crippen molar-refractivity contribution in [3.63, 3.8) is 0 Å². The summed E-state index contributed by atoms with van der Waals surface area (Å²) < 4.78 is 0. The first-order valence-electron chi connectivity index (χ1n) is 8.47. The number of aliphatic hydroxyl groups excluding tert-OH is 1. The van der Waals surface area contributed by atoms with E-state index in [-0.39, 0.29) is 23.6 Å². The summed E-state index contributed by atoms with van der Waals surface area (Å²) in [5.41, 5.74) is 2.82. The van der Waals surface area contributed by atoms with Crippen LogP contribution in [0.15, 0.2) is 0 Å². The molecule has 2 atom stereocenters. The van der Waals surface area contributed by atoms with E-state index in [9.17, 15) is 14.7 Å². The van der Waals surface area contributed by atoms with Crippen LogP contribution in [0, 0.1) is 12.8 Å². The first-order valence-corrected chi connectivity index (χ1v) is 8.47. The van der Waals surface area contributed by atoms with Crippen molar-refractivity contribution in [3.05, 3.63) is 22.5 Å². The Kier molecular flexibility index (Phi) is 5.76. The second-order valence-corrected chi connectivity index (χ2v) is 6.77. The number of carbonyl (C=O) groups is 2. The highest BCUT2D eigenvalue weighted by Gasteiger charge is 2.27. The largest absolute Gasteiger partial charge is 0.393 e. The zero-order valence-corrected chi connectivity index (χ0v) is 14.6. The van der Waals surface area contributed by atoms with Crippen molar-refractivity contribution >= 4 is 11.6 Å². The van der Waals surface area contributed by atoms with Gasteiger partial charge < -0.3 is 10.1 Å². The van der Waals surface area contributed by atoms with Crippen molar-refractivity contribution in [2.45, 2.75) is 52.6 Å². The van der Waals surface area contributed by atoms with Crippen molar-refractivity contribution in [2.24, 2.45) is 5.92 Å². The summed E-state index contributed by atoms with van der Waals surface area (Å²) in [4.78, 5) is 29.5. The molecule has 1 aliphatic carbocycles. The highest BCUT2D eigenvalue weighted by molar-refractivity contribution is 6.04. The Hall–Kier alpha value is -1.46. The summed E-state index contributed by atoms with van der Waals surface area (Å²) in [6, 6.07) is 0. The first kappa shape index (κ1) is 17.9. The molecular weight excluding hydrogens is 292 g/mol. The molecule has 1 fully saturated rings. The lowest BCUT2D eigenvalue weighted by molar-refractivity contribution is 0.0866. The Morgan fingerprint density at radius 1 is 1.35 bits per heavy atom. The zero-order valence-electron chi connectivity index (χ0n) is 14.6. The Morgan fingerprint density at radius 3 is 2.57 bits per heavy atom. The molecule has 5 heteroatoms. The van der Waals surface area contributed by atoms with Gasteiger partial charge in [0.1, 0.15) is 0 Å². The molecule has 1 aromatic rings. The van der Waals surface area contributed by atoms with Crippen LogP contribution < -0.4 is 0 Å². The van der Waals surface area contributed by atoms with Crippen molar-refractivity contribution in [1.82, 2.24) is 9.88 Å². The molecular formula is C18H28N2O3. The Morgan fingerprint density at radius 2 is 2.04 bits per heavy atom. The summed E-state index contributed by atoms with van der Waals surface area (Å²) in [6.45, 7) is 6.37. The van der Waals surface area contributed by atoms with E-state index in [1.54, 1.807) is 0 Å². The fourth-order valence-electron chi connectivity index (χ4n) is 3.76. The van der Waals surface area contributed by atoms with Gasteiger partial charge in [-0.3, -0.25) is 14.5 Å². The van der Waals surface area contributed by atoms with Crippen LogP contribution in [0.25, 0.3) is 0 Å². The van der Waals surface area contributed by atoms with E-state index >= 15 is 0 Å². The molecule has 0 aromatic carbocycles. The van der Waals surface area contributed by atoms with E-state index in [0.717, 1.165) is 37.1 Å². The van der Waals surface area contributed by atoms with Crippen LogP contribution in [-0.4, -0.2) is 52.8 Å². The number of aromatic nitrogens is 1. The minimum atomic E-state index is -0.240. The SMILES string of the molecule is CCc1c(C(=O)CN(C)CC2CCCC2O)[nH]c(C)c1C(C)=O. The lowest BCUT2D eigenvalue weighted by Gasteiger charge is -2.22. The molecule has 0 radical (unpaired) electrons. The van der Waals surface area contributed by atoms with Gasteiger partial charge in [0.05, 0.1) is 18.3 Å². The third-order valence-corrected chi connectivity index (χ3v) is 4.85. The number of ketones is 2. The molecule has 0 aliphatic heterocycles. The van der Waals surface area contributed by atoms with E-state index in [4.69, 9.17) is 0 Å². The fourth-order valence-corrected chi connectivity index (χ4v) is 3.76. The topological polar surface area (TPSA) is 73.4 Å². The molecule has 1 aromatic heterocycles. The number of hydrogen-bond donors (Lipinski definition) is 2. The normalized spacial score (nSPS) is 21.1. The molecule has 2 unspecified atom stereocenters. The van der Waals surface area contributed by atoms with Crippen molar-refractivity contribution in [2.75, 3.05) is 20.1 Å². The van der Waals surface area contributed by atoms with Gasteiger partial charge in [0.15, 0.2) is 11.6 Å². The minimum absolute atomic E-state index is 0.00270. The van der Waals surface area contributed by atoms with E-state index < -0.39 is 0 Å². The Bertz CT molecular complexity index is 591. The van der Waals surface area contributed by atoms with Gasteiger partial charge in [-0.05, 0) is 51.6 Å². The fraction of sp³-hybridized carbons (Fsp3) is 0.667. The number of nitrogens with zero attached hydrogens (tertiary/aromatic N) is 1. The molecule has 2 N–H and O–H groups in total. The van der Waals surface area contributed by atoms with E-state index in [1.807, 2.05) is 25.8 Å². The molecule has 0 spiro atoms. The van der Waals surface area contributed by atoms with Gasteiger partial charge in [-0.2, -0.15) is 0 Å². The van der Waals surface area contributed by atoms with E-state index in [1.165, 1.54) is 6.92 Å². The number of Topliss-reactive ketones (excluding diaryl/α,β-unsaturated/α-hetero) is 2. The number of hydrogen-bond acceptors (Lipinski definition) is 4. The molecule has 0 bridgehead atoms. The van der Waals surface area contributed by atoms with Crippen molar-refractivity contribution in [1.29, 1.82) is 0 Å². The molecule has 1 aliphatic rings. The number of aryl methyl sites for hydroxylation is 1. The summed E-state index contributed by atoms with van der Waals surface area (Å²) >= 11 is 0. The molecule has 1 heterocycles. The van der Waals surface area contributed by atoms with Gasteiger partial charge >= 0.3 is 0 Å². The molecule has 0 saturated heterocycles. The maximum atomic E-state index is 12.6. The lowest BCUT2D eigenvalue weighted by atomic mass is 10.0. The van der Waals surface area contributed by atoms with Crippen LogP contribution in [0.4, 0.5) is 0 Å². The van der Waals surface area contributed by atoms with Crippen molar-refractivity contribution < 1.29 is 14.7 Å². The number of rotatable bonds is 7. The first-order chi connectivity index (χ1) is 10.8. The van der Waals surface area contributed by atoms with Gasteiger partial charge in [0, 0.05) is 17.8 Å². The van der Waals surface area contributed by atoms with Gasteiger partial charge in [0.25, 0.3) is 0 Å². The highest BCUT2D eigenvalue weighted by Crippen LogP contribution is 2.26. The molecule has 128 valence electrons. The predicted molar refractivity (Wildman–Crippen MR) is 90.1 cm³/mol. The molecule has 1 saturated carbocycles. The quantitative estimate of drug-likeness (QED) is 0.757. The van der Waals surface area contributed by atoms with Crippen LogP contribution in [0.1, 0.15) is 65.2 Å². The molecule has 23 heavy (non-hydrogen) atoms. The molecule has 5 nitrogen and oxygen atoms in total. The summed E-state index contributed by atoms with van der Waals surface area (Å²) in [7, 11) is 1.91.